The molecule has 1 aliphatic heterocycles. The first-order chi connectivity index (χ1) is 11.5. The zero-order valence-electron chi connectivity index (χ0n) is 14.2. The van der Waals surface area contributed by atoms with E-state index in [1.807, 2.05) is 36.0 Å². The van der Waals surface area contributed by atoms with Crippen molar-refractivity contribution in [3.05, 3.63) is 35.4 Å². The third-order valence-electron chi connectivity index (χ3n) is 3.90. The molecule has 1 aromatic rings. The molecule has 134 valence electrons. The zero-order chi connectivity index (χ0) is 17.4. The number of hydrogen-bond acceptors (Lipinski definition) is 4. The first kappa shape index (κ1) is 19.1. The van der Waals surface area contributed by atoms with E-state index in [0.29, 0.717) is 11.8 Å². The summed E-state index contributed by atoms with van der Waals surface area (Å²) in [7, 11) is -0.0338. The van der Waals surface area contributed by atoms with Gasteiger partial charge >= 0.3 is 0 Å². The number of aliphatic imine (C=N–C) groups is 1. The molecule has 1 aromatic carbocycles. The van der Waals surface area contributed by atoms with Gasteiger partial charge in [-0.3, -0.25) is 4.99 Å². The Morgan fingerprint density at radius 1 is 1.25 bits per heavy atom. The largest absolute Gasteiger partial charge is 0.355 e. The van der Waals surface area contributed by atoms with Crippen molar-refractivity contribution >= 4 is 27.7 Å². The standard InChI is InChI=1S/C16H26N4O2S2/c1-17-16(20-11-15-4-3-9-23-15)19-10-13-5-7-14(8-6-13)12-24(21,22)18-2/h5-8,15,18H,3-4,9-12H2,1-2H3,(H2,17,19,20). The summed E-state index contributed by atoms with van der Waals surface area (Å²) in [5.74, 6) is 2.05. The van der Waals surface area contributed by atoms with Crippen LogP contribution in [0.4, 0.5) is 0 Å². The number of guanidine groups is 1. The van der Waals surface area contributed by atoms with Gasteiger partial charge in [0.1, 0.15) is 0 Å². The van der Waals surface area contributed by atoms with Crippen molar-refractivity contribution in [3.8, 4) is 0 Å². The van der Waals surface area contributed by atoms with Crippen molar-refractivity contribution in [2.24, 2.45) is 4.99 Å². The topological polar surface area (TPSA) is 82.6 Å². The Hall–Kier alpha value is -1.25. The van der Waals surface area contributed by atoms with E-state index in [0.717, 1.165) is 23.6 Å². The van der Waals surface area contributed by atoms with Crippen molar-refractivity contribution in [2.45, 2.75) is 30.4 Å². The number of thioether (sulfide) groups is 1. The molecule has 0 bridgehead atoms. The molecule has 2 rings (SSSR count). The molecular weight excluding hydrogens is 344 g/mol. The maximum absolute atomic E-state index is 11.5. The van der Waals surface area contributed by atoms with Gasteiger partial charge in [0, 0.05) is 25.4 Å². The highest BCUT2D eigenvalue weighted by molar-refractivity contribution is 8.00. The van der Waals surface area contributed by atoms with Crippen LogP contribution in [-0.4, -0.2) is 46.0 Å². The van der Waals surface area contributed by atoms with E-state index in [-0.39, 0.29) is 5.75 Å². The van der Waals surface area contributed by atoms with Crippen molar-refractivity contribution < 1.29 is 8.42 Å². The second kappa shape index (κ2) is 9.29. The van der Waals surface area contributed by atoms with Gasteiger partial charge in [-0.1, -0.05) is 24.3 Å². The number of hydrogen-bond donors (Lipinski definition) is 3. The van der Waals surface area contributed by atoms with Crippen LogP contribution in [0, 0.1) is 0 Å². The molecule has 24 heavy (non-hydrogen) atoms. The highest BCUT2D eigenvalue weighted by atomic mass is 32.2. The van der Waals surface area contributed by atoms with Gasteiger partial charge in [-0.25, -0.2) is 13.1 Å². The Bertz CT molecular complexity index is 639. The monoisotopic (exact) mass is 370 g/mol. The molecule has 0 radical (unpaired) electrons. The van der Waals surface area contributed by atoms with Crippen molar-refractivity contribution in [1.82, 2.24) is 15.4 Å². The van der Waals surface area contributed by atoms with E-state index >= 15 is 0 Å². The second-order valence-electron chi connectivity index (χ2n) is 5.72. The lowest BCUT2D eigenvalue weighted by Gasteiger charge is -2.15. The Balaban J connectivity index is 1.80. The molecule has 0 saturated carbocycles. The zero-order valence-corrected chi connectivity index (χ0v) is 15.8. The molecule has 1 fully saturated rings. The minimum Gasteiger partial charge on any atom is -0.355 e. The lowest BCUT2D eigenvalue weighted by molar-refractivity contribution is 0.587. The maximum atomic E-state index is 11.5. The number of nitrogens with one attached hydrogen (secondary N) is 3. The molecule has 0 aromatic heterocycles. The van der Waals surface area contributed by atoms with Gasteiger partial charge in [-0.15, -0.1) is 0 Å². The first-order valence-corrected chi connectivity index (χ1v) is 10.8. The van der Waals surface area contributed by atoms with Gasteiger partial charge in [0.2, 0.25) is 10.0 Å². The normalized spacial score (nSPS) is 18.6. The fourth-order valence-corrected chi connectivity index (χ4v) is 4.44. The highest BCUT2D eigenvalue weighted by Crippen LogP contribution is 2.25. The smallest absolute Gasteiger partial charge is 0.215 e. The Morgan fingerprint density at radius 3 is 2.54 bits per heavy atom. The molecule has 1 aliphatic rings. The van der Waals surface area contributed by atoms with Gasteiger partial charge in [-0.2, -0.15) is 11.8 Å². The Morgan fingerprint density at radius 2 is 1.96 bits per heavy atom. The Labute approximate surface area is 149 Å². The SMILES string of the molecule is CN=C(NCc1ccc(CS(=O)(=O)NC)cc1)NCC1CCCS1. The van der Waals surface area contributed by atoms with Gasteiger partial charge in [0.05, 0.1) is 5.75 Å². The van der Waals surface area contributed by atoms with Crippen LogP contribution in [0.1, 0.15) is 24.0 Å². The van der Waals surface area contributed by atoms with E-state index in [9.17, 15) is 8.42 Å². The van der Waals surface area contributed by atoms with Crippen LogP contribution in [0.15, 0.2) is 29.3 Å². The molecule has 6 nitrogen and oxygen atoms in total. The molecular formula is C16H26N4O2S2. The molecule has 3 N–H and O–H groups in total. The fourth-order valence-electron chi connectivity index (χ4n) is 2.47. The minimum atomic E-state index is -3.23. The summed E-state index contributed by atoms with van der Waals surface area (Å²) in [6.07, 6.45) is 2.57. The third kappa shape index (κ3) is 6.33. The highest BCUT2D eigenvalue weighted by Gasteiger charge is 2.15. The summed E-state index contributed by atoms with van der Waals surface area (Å²) in [6.45, 7) is 1.59. The summed E-state index contributed by atoms with van der Waals surface area (Å²) in [5, 5.41) is 7.33. The van der Waals surface area contributed by atoms with Gasteiger partial charge in [-0.05, 0) is 36.8 Å². The molecule has 8 heteroatoms. The molecule has 1 saturated heterocycles. The third-order valence-corrected chi connectivity index (χ3v) is 6.63. The number of benzene rings is 1. The number of nitrogens with zero attached hydrogens (tertiary/aromatic N) is 1. The Kier molecular flexibility index (Phi) is 7.39. The maximum Gasteiger partial charge on any atom is 0.215 e. The van der Waals surface area contributed by atoms with E-state index in [4.69, 9.17) is 0 Å². The van der Waals surface area contributed by atoms with Crippen molar-refractivity contribution in [1.29, 1.82) is 0 Å². The summed E-state index contributed by atoms with van der Waals surface area (Å²) in [4.78, 5) is 4.24. The van der Waals surface area contributed by atoms with Crippen LogP contribution >= 0.6 is 11.8 Å². The summed E-state index contributed by atoms with van der Waals surface area (Å²) in [5.41, 5.74) is 1.85. The lowest BCUT2D eigenvalue weighted by Crippen LogP contribution is -2.39. The second-order valence-corrected chi connectivity index (χ2v) is 9.06. The first-order valence-electron chi connectivity index (χ1n) is 8.07. The van der Waals surface area contributed by atoms with E-state index in [1.165, 1.54) is 25.6 Å². The predicted octanol–water partition coefficient (Wildman–Crippen LogP) is 1.30. The summed E-state index contributed by atoms with van der Waals surface area (Å²) < 4.78 is 25.4. The van der Waals surface area contributed by atoms with Gasteiger partial charge < -0.3 is 10.6 Å². The van der Waals surface area contributed by atoms with Crippen LogP contribution in [0.3, 0.4) is 0 Å². The molecule has 0 amide bonds. The van der Waals surface area contributed by atoms with Crippen LogP contribution in [0.2, 0.25) is 0 Å². The number of rotatable bonds is 7. The average molecular weight is 371 g/mol. The van der Waals surface area contributed by atoms with Crippen LogP contribution < -0.4 is 15.4 Å². The van der Waals surface area contributed by atoms with Gasteiger partial charge in [0.15, 0.2) is 5.96 Å². The van der Waals surface area contributed by atoms with Crippen molar-refractivity contribution in [2.75, 3.05) is 26.4 Å². The fraction of sp³-hybridized carbons (Fsp3) is 0.562. The molecule has 1 atom stereocenters. The van der Waals surface area contributed by atoms with Crippen LogP contribution in [0.5, 0.6) is 0 Å². The van der Waals surface area contributed by atoms with Crippen LogP contribution in [-0.2, 0) is 22.3 Å². The lowest BCUT2D eigenvalue weighted by atomic mass is 10.1. The quantitative estimate of drug-likeness (QED) is 0.498. The predicted molar refractivity (Wildman–Crippen MR) is 102 cm³/mol. The van der Waals surface area contributed by atoms with Gasteiger partial charge in [0.25, 0.3) is 0 Å². The summed E-state index contributed by atoms with van der Waals surface area (Å²) in [6, 6.07) is 7.57. The average Bonchev–Trinajstić information content (AvgIpc) is 3.09. The van der Waals surface area contributed by atoms with E-state index < -0.39 is 10.0 Å². The van der Waals surface area contributed by atoms with E-state index in [2.05, 4.69) is 20.3 Å². The summed E-state index contributed by atoms with van der Waals surface area (Å²) >= 11 is 2.02. The minimum absolute atomic E-state index is 0.000508. The molecule has 0 aliphatic carbocycles. The molecule has 0 spiro atoms. The molecule has 1 heterocycles. The van der Waals surface area contributed by atoms with Crippen molar-refractivity contribution in [3.63, 3.8) is 0 Å². The number of sulfonamides is 1. The molecule has 1 unspecified atom stereocenters. The van der Waals surface area contributed by atoms with E-state index in [1.54, 1.807) is 7.05 Å². The van der Waals surface area contributed by atoms with Crippen LogP contribution in [0.25, 0.3) is 0 Å².